The van der Waals surface area contributed by atoms with Gasteiger partial charge in [-0.3, -0.25) is 9.59 Å². The van der Waals surface area contributed by atoms with Crippen LogP contribution >= 0.6 is 11.3 Å². The summed E-state index contributed by atoms with van der Waals surface area (Å²) in [6, 6.07) is 9.27. The van der Waals surface area contributed by atoms with Crippen molar-refractivity contribution in [1.29, 1.82) is 0 Å². The van der Waals surface area contributed by atoms with Gasteiger partial charge < -0.3 is 15.7 Å². The van der Waals surface area contributed by atoms with E-state index in [0.717, 1.165) is 16.0 Å². The zero-order valence-corrected chi connectivity index (χ0v) is 14.8. The number of nitrogens with one attached hydrogen (secondary N) is 2. The summed E-state index contributed by atoms with van der Waals surface area (Å²) in [6.07, 6.45) is -0.813. The van der Waals surface area contributed by atoms with Crippen LogP contribution in [0.4, 0.5) is 5.69 Å². The molecule has 1 aromatic heterocycles. The highest BCUT2D eigenvalue weighted by atomic mass is 32.1. The molecule has 5 nitrogen and oxygen atoms in total. The quantitative estimate of drug-likeness (QED) is 0.728. The predicted octanol–water partition coefficient (Wildman–Crippen LogP) is 2.97. The van der Waals surface area contributed by atoms with Crippen LogP contribution in [0.1, 0.15) is 41.9 Å². The molecule has 6 heteroatoms. The molecule has 128 valence electrons. The number of hydrogen-bond donors (Lipinski definition) is 3. The Morgan fingerprint density at radius 1 is 1.12 bits per heavy atom. The van der Waals surface area contributed by atoms with Crippen molar-refractivity contribution in [3.05, 3.63) is 51.7 Å². The number of amides is 2. The monoisotopic (exact) mass is 346 g/mol. The number of anilines is 1. The number of aliphatic hydroxyl groups is 1. The Morgan fingerprint density at radius 3 is 2.33 bits per heavy atom. The van der Waals surface area contributed by atoms with Gasteiger partial charge in [-0.25, -0.2) is 0 Å². The number of aliphatic hydroxyl groups excluding tert-OH is 1. The van der Waals surface area contributed by atoms with E-state index in [4.69, 9.17) is 0 Å². The molecule has 0 unspecified atom stereocenters. The van der Waals surface area contributed by atoms with E-state index in [2.05, 4.69) is 24.5 Å². The standard InChI is InChI=1S/C18H22N2O3S/c1-11(2)13-4-6-14(7-5-13)20-18(23)17(22)19-10-15(21)16-12(3)8-9-24-16/h4-9,11,15,21H,10H2,1-3H3,(H,19,22)(H,20,23)/t15-/m0/s1. The number of carbonyl (C=O) groups is 2. The third-order valence-corrected chi connectivity index (χ3v) is 4.82. The summed E-state index contributed by atoms with van der Waals surface area (Å²) in [7, 11) is 0. The SMILES string of the molecule is Cc1ccsc1[C@@H](O)CNC(=O)C(=O)Nc1ccc(C(C)C)cc1. The van der Waals surface area contributed by atoms with E-state index >= 15 is 0 Å². The Kier molecular flexibility index (Phi) is 6.11. The van der Waals surface area contributed by atoms with Crippen LogP contribution in [-0.2, 0) is 9.59 Å². The van der Waals surface area contributed by atoms with E-state index in [1.807, 2.05) is 30.5 Å². The van der Waals surface area contributed by atoms with Crippen LogP contribution in [0.2, 0.25) is 0 Å². The van der Waals surface area contributed by atoms with Crippen LogP contribution in [0.3, 0.4) is 0 Å². The molecular formula is C18H22N2O3S. The van der Waals surface area contributed by atoms with Crippen LogP contribution < -0.4 is 10.6 Å². The first-order valence-electron chi connectivity index (χ1n) is 7.79. The van der Waals surface area contributed by atoms with E-state index in [1.54, 1.807) is 12.1 Å². The highest BCUT2D eigenvalue weighted by Gasteiger charge is 2.17. The van der Waals surface area contributed by atoms with Crippen molar-refractivity contribution in [2.75, 3.05) is 11.9 Å². The molecule has 0 bridgehead atoms. The van der Waals surface area contributed by atoms with E-state index < -0.39 is 17.9 Å². The molecule has 0 fully saturated rings. The van der Waals surface area contributed by atoms with Crippen LogP contribution in [0.25, 0.3) is 0 Å². The predicted molar refractivity (Wildman–Crippen MR) is 96.2 cm³/mol. The average molecular weight is 346 g/mol. The molecule has 0 radical (unpaired) electrons. The van der Waals surface area contributed by atoms with Crippen molar-refractivity contribution in [2.45, 2.75) is 32.8 Å². The van der Waals surface area contributed by atoms with Gasteiger partial charge in [0.05, 0.1) is 0 Å². The van der Waals surface area contributed by atoms with Gasteiger partial charge in [0.2, 0.25) is 0 Å². The minimum Gasteiger partial charge on any atom is -0.386 e. The molecule has 0 aliphatic carbocycles. The highest BCUT2D eigenvalue weighted by Crippen LogP contribution is 2.23. The second-order valence-corrected chi connectivity index (χ2v) is 6.87. The molecule has 2 amide bonds. The lowest BCUT2D eigenvalue weighted by atomic mass is 10.0. The molecule has 0 aliphatic heterocycles. The van der Waals surface area contributed by atoms with Crippen molar-refractivity contribution in [2.24, 2.45) is 0 Å². The van der Waals surface area contributed by atoms with Crippen molar-refractivity contribution in [3.63, 3.8) is 0 Å². The van der Waals surface area contributed by atoms with E-state index in [0.29, 0.717) is 11.6 Å². The van der Waals surface area contributed by atoms with E-state index in [9.17, 15) is 14.7 Å². The third kappa shape index (κ3) is 4.66. The summed E-state index contributed by atoms with van der Waals surface area (Å²) in [5.41, 5.74) is 2.69. The van der Waals surface area contributed by atoms with E-state index in [1.165, 1.54) is 11.3 Å². The number of aryl methyl sites for hydroxylation is 1. The fourth-order valence-electron chi connectivity index (χ4n) is 2.23. The zero-order valence-electron chi connectivity index (χ0n) is 14.0. The summed E-state index contributed by atoms with van der Waals surface area (Å²) in [5.74, 6) is -1.11. The number of benzene rings is 1. The van der Waals surface area contributed by atoms with Gasteiger partial charge in [-0.15, -0.1) is 11.3 Å². The summed E-state index contributed by atoms with van der Waals surface area (Å²) >= 11 is 1.42. The average Bonchev–Trinajstić information content (AvgIpc) is 2.98. The molecule has 1 aromatic carbocycles. The maximum Gasteiger partial charge on any atom is 0.313 e. The van der Waals surface area contributed by atoms with Crippen molar-refractivity contribution >= 4 is 28.8 Å². The Bertz CT molecular complexity index is 707. The Labute approximate surface area is 145 Å². The lowest BCUT2D eigenvalue weighted by Crippen LogP contribution is -2.37. The Balaban J connectivity index is 1.86. The lowest BCUT2D eigenvalue weighted by molar-refractivity contribution is -0.136. The molecule has 0 spiro atoms. The highest BCUT2D eigenvalue weighted by molar-refractivity contribution is 7.10. The van der Waals surface area contributed by atoms with Gasteiger partial charge in [0, 0.05) is 17.1 Å². The largest absolute Gasteiger partial charge is 0.386 e. The smallest absolute Gasteiger partial charge is 0.313 e. The maximum absolute atomic E-state index is 11.9. The Hall–Kier alpha value is -2.18. The zero-order chi connectivity index (χ0) is 17.7. The van der Waals surface area contributed by atoms with Gasteiger partial charge in [-0.1, -0.05) is 26.0 Å². The number of carbonyl (C=O) groups excluding carboxylic acids is 2. The van der Waals surface area contributed by atoms with Gasteiger partial charge >= 0.3 is 11.8 Å². The molecule has 0 saturated heterocycles. The second-order valence-electron chi connectivity index (χ2n) is 5.92. The summed E-state index contributed by atoms with van der Waals surface area (Å²) in [4.78, 5) is 24.5. The van der Waals surface area contributed by atoms with Gasteiger partial charge in [0.15, 0.2) is 0 Å². The van der Waals surface area contributed by atoms with Gasteiger partial charge in [0.1, 0.15) is 6.10 Å². The molecule has 0 saturated carbocycles. The molecule has 3 N–H and O–H groups in total. The first-order chi connectivity index (χ1) is 11.4. The van der Waals surface area contributed by atoms with Gasteiger partial charge in [0.25, 0.3) is 0 Å². The first-order valence-corrected chi connectivity index (χ1v) is 8.67. The van der Waals surface area contributed by atoms with Crippen molar-refractivity contribution < 1.29 is 14.7 Å². The fourth-order valence-corrected chi connectivity index (χ4v) is 3.14. The number of hydrogen-bond acceptors (Lipinski definition) is 4. The molecule has 2 rings (SSSR count). The molecule has 1 atom stereocenters. The van der Waals surface area contributed by atoms with Crippen LogP contribution in [-0.4, -0.2) is 23.5 Å². The summed E-state index contributed by atoms with van der Waals surface area (Å²) in [5, 5.41) is 16.9. The molecule has 24 heavy (non-hydrogen) atoms. The first kappa shape index (κ1) is 18.2. The topological polar surface area (TPSA) is 78.4 Å². The van der Waals surface area contributed by atoms with Crippen LogP contribution in [0.5, 0.6) is 0 Å². The normalized spacial score (nSPS) is 12.0. The third-order valence-electron chi connectivity index (χ3n) is 3.70. The maximum atomic E-state index is 11.9. The minimum absolute atomic E-state index is 0.000105. The fraction of sp³-hybridized carbons (Fsp3) is 0.333. The lowest BCUT2D eigenvalue weighted by Gasteiger charge is -2.12. The van der Waals surface area contributed by atoms with Crippen molar-refractivity contribution in [1.82, 2.24) is 5.32 Å². The van der Waals surface area contributed by atoms with E-state index in [-0.39, 0.29) is 6.54 Å². The van der Waals surface area contributed by atoms with Crippen LogP contribution in [0, 0.1) is 6.92 Å². The molecule has 2 aromatic rings. The van der Waals surface area contributed by atoms with Gasteiger partial charge in [-0.05, 0) is 47.5 Å². The summed E-state index contributed by atoms with van der Waals surface area (Å²) < 4.78 is 0. The molecule has 1 heterocycles. The molecular weight excluding hydrogens is 324 g/mol. The minimum atomic E-state index is -0.813. The second kappa shape index (κ2) is 8.08. The number of thiophene rings is 1. The summed E-state index contributed by atoms with van der Waals surface area (Å²) in [6.45, 7) is 6.06. The number of rotatable bonds is 5. The Morgan fingerprint density at radius 2 is 1.79 bits per heavy atom. The van der Waals surface area contributed by atoms with Gasteiger partial charge in [-0.2, -0.15) is 0 Å². The van der Waals surface area contributed by atoms with Crippen molar-refractivity contribution in [3.8, 4) is 0 Å². The van der Waals surface area contributed by atoms with Crippen LogP contribution in [0.15, 0.2) is 35.7 Å². The molecule has 0 aliphatic rings.